The van der Waals surface area contributed by atoms with E-state index in [1.807, 2.05) is 0 Å². The van der Waals surface area contributed by atoms with Gasteiger partial charge in [-0.2, -0.15) is 0 Å². The van der Waals surface area contributed by atoms with Crippen LogP contribution in [0.1, 0.15) is 43.4 Å². The zero-order valence-corrected chi connectivity index (χ0v) is 22.0. The van der Waals surface area contributed by atoms with Crippen molar-refractivity contribution in [1.82, 2.24) is 0 Å². The molecule has 3 unspecified atom stereocenters. The summed E-state index contributed by atoms with van der Waals surface area (Å²) in [6, 6.07) is 9.28. The van der Waals surface area contributed by atoms with Crippen molar-refractivity contribution in [3.05, 3.63) is 63.9 Å². The van der Waals surface area contributed by atoms with E-state index in [0.717, 1.165) is 0 Å². The van der Waals surface area contributed by atoms with Crippen molar-refractivity contribution in [1.29, 1.82) is 0 Å². The molecule has 38 heavy (non-hydrogen) atoms. The van der Waals surface area contributed by atoms with Gasteiger partial charge in [0.25, 0.3) is 0 Å². The molecule has 3 fully saturated rings. The topological polar surface area (TPSA) is 140 Å². The van der Waals surface area contributed by atoms with Crippen LogP contribution in [0.15, 0.2) is 36.4 Å². The highest BCUT2D eigenvalue weighted by molar-refractivity contribution is 6.31. The average Bonchev–Trinajstić information content (AvgIpc) is 3.43. The highest BCUT2D eigenvalue weighted by Gasteiger charge is 2.77. The third-order valence-electron chi connectivity index (χ3n) is 8.94. The number of halogens is 2. The lowest BCUT2D eigenvalue weighted by atomic mass is 9.55. The third-order valence-corrected chi connectivity index (χ3v) is 9.31. The van der Waals surface area contributed by atoms with E-state index in [1.165, 1.54) is 26.0 Å². The number of aliphatic hydroxyl groups is 6. The van der Waals surface area contributed by atoms with Gasteiger partial charge in [-0.3, -0.25) is 0 Å². The predicted octanol–water partition coefficient (Wildman–Crippen LogP) is 1.45. The van der Waals surface area contributed by atoms with Gasteiger partial charge in [0.1, 0.15) is 12.2 Å². The molecule has 0 spiro atoms. The predicted molar refractivity (Wildman–Crippen MR) is 136 cm³/mol. The van der Waals surface area contributed by atoms with Crippen LogP contribution in [0.4, 0.5) is 4.39 Å². The molecule has 6 N–H and O–H groups in total. The zero-order chi connectivity index (χ0) is 27.6. The molecular formula is C28H34ClFO8. The second-order valence-electron chi connectivity index (χ2n) is 11.4. The highest BCUT2D eigenvalue weighted by atomic mass is 35.5. The van der Waals surface area contributed by atoms with E-state index in [4.69, 9.17) is 21.1 Å². The summed E-state index contributed by atoms with van der Waals surface area (Å²) in [5.74, 6) is -0.405. The van der Waals surface area contributed by atoms with Crippen molar-refractivity contribution >= 4 is 11.6 Å². The smallest absolute Gasteiger partial charge is 0.165 e. The fourth-order valence-electron chi connectivity index (χ4n) is 6.81. The summed E-state index contributed by atoms with van der Waals surface area (Å²) in [5, 5.41) is 67.1. The van der Waals surface area contributed by atoms with Crippen LogP contribution in [0.2, 0.25) is 5.02 Å². The molecule has 5 rings (SSSR count). The zero-order valence-electron chi connectivity index (χ0n) is 21.2. The summed E-state index contributed by atoms with van der Waals surface area (Å²) in [6.45, 7) is 3.77. The Balaban J connectivity index is 1.50. The van der Waals surface area contributed by atoms with Gasteiger partial charge in [-0.05, 0) is 61.6 Å². The molecule has 0 amide bonds. The van der Waals surface area contributed by atoms with Crippen molar-refractivity contribution in [3.8, 4) is 5.75 Å². The van der Waals surface area contributed by atoms with Gasteiger partial charge in [0.2, 0.25) is 0 Å². The second kappa shape index (κ2) is 9.67. The fourth-order valence-corrected chi connectivity index (χ4v) is 7.00. The van der Waals surface area contributed by atoms with E-state index in [1.54, 1.807) is 24.3 Å². The summed E-state index contributed by atoms with van der Waals surface area (Å²) < 4.78 is 25.8. The maximum Gasteiger partial charge on any atom is 0.165 e. The molecule has 8 nitrogen and oxygen atoms in total. The molecule has 8 atom stereocenters. The van der Waals surface area contributed by atoms with Gasteiger partial charge in [-0.15, -0.1) is 0 Å². The highest BCUT2D eigenvalue weighted by Crippen LogP contribution is 2.63. The summed E-state index contributed by atoms with van der Waals surface area (Å²) in [6.07, 6.45) is -7.78. The first-order valence-electron chi connectivity index (χ1n) is 12.8. The van der Waals surface area contributed by atoms with E-state index in [0.29, 0.717) is 35.8 Å². The molecule has 2 aromatic carbocycles. The third kappa shape index (κ3) is 3.98. The Morgan fingerprint density at radius 1 is 1.08 bits per heavy atom. The number of hydrogen-bond donors (Lipinski definition) is 6. The molecule has 208 valence electrons. The number of ether oxygens (including phenoxy) is 2. The lowest BCUT2D eigenvalue weighted by Crippen LogP contribution is -2.72. The normalized spacial score (nSPS) is 37.0. The van der Waals surface area contributed by atoms with Crippen molar-refractivity contribution in [2.75, 3.05) is 13.2 Å². The van der Waals surface area contributed by atoms with Gasteiger partial charge in [-0.25, -0.2) is 4.39 Å². The maximum absolute atomic E-state index is 14.8. The molecule has 0 radical (unpaired) electrons. The van der Waals surface area contributed by atoms with Crippen molar-refractivity contribution in [2.45, 2.75) is 80.7 Å². The minimum Gasteiger partial charge on any atom is -0.485 e. The fraction of sp³-hybridized carbons (Fsp3) is 0.571. The maximum atomic E-state index is 14.8. The largest absolute Gasteiger partial charge is 0.485 e. The Morgan fingerprint density at radius 2 is 1.82 bits per heavy atom. The lowest BCUT2D eigenvalue weighted by molar-refractivity contribution is -0.254. The van der Waals surface area contributed by atoms with E-state index in [-0.39, 0.29) is 30.3 Å². The Morgan fingerprint density at radius 3 is 2.45 bits per heavy atom. The Hall–Kier alpha value is -1.82. The summed E-state index contributed by atoms with van der Waals surface area (Å²) in [5.41, 5.74) is -3.84. The molecule has 2 bridgehead atoms. The van der Waals surface area contributed by atoms with Gasteiger partial charge in [0.05, 0.1) is 54.1 Å². The molecule has 2 saturated carbocycles. The quantitative estimate of drug-likeness (QED) is 0.316. The number of rotatable bonds is 6. The van der Waals surface area contributed by atoms with Gasteiger partial charge in [0, 0.05) is 11.4 Å². The molecule has 1 aliphatic heterocycles. The van der Waals surface area contributed by atoms with E-state index in [2.05, 4.69) is 0 Å². The number of hydrogen-bond acceptors (Lipinski definition) is 8. The van der Waals surface area contributed by atoms with Crippen LogP contribution >= 0.6 is 11.6 Å². The van der Waals surface area contributed by atoms with Crippen LogP contribution in [0, 0.1) is 11.2 Å². The number of benzene rings is 2. The SMILES string of the molecule is CC(C)(O)[C@@]12CC(O)[C@@](c3ccc(Cl)c(Cc4ccc(OC5CCOC5)c(F)c4)c3)(C1O)[C@@H](O)[C@H](O)[C@H]2O. The van der Waals surface area contributed by atoms with E-state index in [9.17, 15) is 35.0 Å². The monoisotopic (exact) mass is 552 g/mol. The Bertz CT molecular complexity index is 1200. The molecular weight excluding hydrogens is 519 g/mol. The first kappa shape index (κ1) is 27.7. The molecule has 1 heterocycles. The number of aliphatic hydroxyl groups excluding tert-OH is 5. The first-order chi connectivity index (χ1) is 17.8. The minimum atomic E-state index is -1.82. The van der Waals surface area contributed by atoms with Gasteiger partial charge in [-0.1, -0.05) is 29.8 Å². The molecule has 0 aromatic heterocycles. The number of fused-ring (bicyclic) bond motifs is 2. The van der Waals surface area contributed by atoms with Gasteiger partial charge < -0.3 is 40.1 Å². The van der Waals surface area contributed by atoms with Crippen molar-refractivity contribution in [2.24, 2.45) is 5.41 Å². The standard InChI is InChI=1S/C28H34ClFO8/c1-26(2,36)27-12-21(31)28(25(27)35,24(34)22(32)23(27)33)16-4-5-18(29)15(11-16)9-14-3-6-20(19(30)10-14)38-17-7-8-37-13-17/h3-6,10-11,17,21-25,31-36H,7-9,12-13H2,1-2H3/t17?,21?,22-,23-,24+,25?,27-,28-/m1/s1. The lowest BCUT2D eigenvalue weighted by Gasteiger charge is -2.56. The van der Waals surface area contributed by atoms with Crippen molar-refractivity contribution < 1.29 is 44.5 Å². The summed E-state index contributed by atoms with van der Waals surface area (Å²) >= 11 is 6.48. The van der Waals surface area contributed by atoms with Crippen molar-refractivity contribution in [3.63, 3.8) is 0 Å². The van der Waals surface area contributed by atoms with Gasteiger partial charge in [0.15, 0.2) is 11.6 Å². The van der Waals surface area contributed by atoms with Crippen LogP contribution in [0.5, 0.6) is 5.75 Å². The Labute approximate surface area is 225 Å². The summed E-state index contributed by atoms with van der Waals surface area (Å²) in [7, 11) is 0. The Kier molecular flexibility index (Phi) is 7.06. The molecule has 2 aromatic rings. The molecule has 1 saturated heterocycles. The second-order valence-corrected chi connectivity index (χ2v) is 11.8. The van der Waals surface area contributed by atoms with E-state index >= 15 is 0 Å². The van der Waals surface area contributed by atoms with Crippen LogP contribution in [-0.4, -0.2) is 86.1 Å². The molecule has 2 aliphatic carbocycles. The van der Waals surface area contributed by atoms with Crippen LogP contribution in [-0.2, 0) is 16.6 Å². The van der Waals surface area contributed by atoms with Crippen LogP contribution in [0.3, 0.4) is 0 Å². The molecule has 10 heteroatoms. The van der Waals surface area contributed by atoms with Gasteiger partial charge >= 0.3 is 0 Å². The summed E-state index contributed by atoms with van der Waals surface area (Å²) in [4.78, 5) is 0. The minimum absolute atomic E-state index is 0.126. The molecule has 3 aliphatic rings. The van der Waals surface area contributed by atoms with E-state index < -0.39 is 52.8 Å². The average molecular weight is 553 g/mol. The van der Waals surface area contributed by atoms with Crippen LogP contribution < -0.4 is 4.74 Å². The van der Waals surface area contributed by atoms with Crippen LogP contribution in [0.25, 0.3) is 0 Å². The first-order valence-corrected chi connectivity index (χ1v) is 13.2.